The summed E-state index contributed by atoms with van der Waals surface area (Å²) in [7, 11) is -3.76. The van der Waals surface area contributed by atoms with Crippen molar-refractivity contribution < 1.29 is 13.0 Å². The lowest BCUT2D eigenvalue weighted by atomic mass is 10.1. The zero-order valence-electron chi connectivity index (χ0n) is 11.2. The Morgan fingerprint density at radius 3 is 2.11 bits per heavy atom. The topological polar surface area (TPSA) is 54.4 Å². The molecule has 0 bridgehead atoms. The Morgan fingerprint density at radius 1 is 1.00 bits per heavy atom. The molecule has 1 N–H and O–H groups in total. The predicted octanol–water partition coefficient (Wildman–Crippen LogP) is 3.90. The zero-order chi connectivity index (χ0) is 14.0. The summed E-state index contributed by atoms with van der Waals surface area (Å²) in [5.41, 5.74) is 1.27. The fourth-order valence-electron chi connectivity index (χ4n) is 2.01. The lowest BCUT2D eigenvalue weighted by Crippen LogP contribution is -2.03. The Morgan fingerprint density at radius 2 is 1.58 bits per heavy atom. The summed E-state index contributed by atoms with van der Waals surface area (Å²) < 4.78 is 29.5. The fourth-order valence-corrected chi connectivity index (χ4v) is 3.13. The van der Waals surface area contributed by atoms with Crippen LogP contribution in [0.25, 0.3) is 0 Å². The van der Waals surface area contributed by atoms with E-state index < -0.39 is 10.1 Å². The first-order valence-electron chi connectivity index (χ1n) is 6.89. The van der Waals surface area contributed by atoms with E-state index in [0.717, 1.165) is 25.7 Å². The first-order chi connectivity index (χ1) is 9.08. The van der Waals surface area contributed by atoms with Crippen LogP contribution in [-0.4, -0.2) is 18.7 Å². The summed E-state index contributed by atoms with van der Waals surface area (Å²) >= 11 is 1.51. The SMILES string of the molecule is O=S(=O)(O)CCCCCCCCCCc1[c]s[c]c1. The molecular weight excluding hydrogens is 280 g/mol. The van der Waals surface area contributed by atoms with Gasteiger partial charge in [-0.2, -0.15) is 8.42 Å². The predicted molar refractivity (Wildman–Crippen MR) is 79.0 cm³/mol. The molecule has 3 nitrogen and oxygen atoms in total. The maximum Gasteiger partial charge on any atom is 0.264 e. The van der Waals surface area contributed by atoms with E-state index in [1.165, 1.54) is 42.6 Å². The molecular formula is C14H22O3S2. The van der Waals surface area contributed by atoms with Crippen LogP contribution in [0, 0.1) is 10.8 Å². The minimum Gasteiger partial charge on any atom is -0.286 e. The molecule has 0 amide bonds. The van der Waals surface area contributed by atoms with E-state index in [4.69, 9.17) is 4.55 Å². The number of aryl methyl sites for hydroxylation is 1. The normalized spacial score (nSPS) is 11.8. The largest absolute Gasteiger partial charge is 0.286 e. The van der Waals surface area contributed by atoms with Gasteiger partial charge in [0.1, 0.15) is 0 Å². The van der Waals surface area contributed by atoms with Gasteiger partial charge in [0.15, 0.2) is 0 Å². The van der Waals surface area contributed by atoms with Gasteiger partial charge in [-0.25, -0.2) is 0 Å². The Bertz CT molecular complexity index is 410. The Balaban J connectivity index is 1.81. The number of thiophene rings is 1. The van der Waals surface area contributed by atoms with Gasteiger partial charge in [-0.15, -0.1) is 11.3 Å². The van der Waals surface area contributed by atoms with Crippen LogP contribution in [0.3, 0.4) is 0 Å². The second-order valence-electron chi connectivity index (χ2n) is 4.86. The summed E-state index contributed by atoms with van der Waals surface area (Å²) in [4.78, 5) is 0. The molecule has 19 heavy (non-hydrogen) atoms. The van der Waals surface area contributed by atoms with Gasteiger partial charge in [-0.1, -0.05) is 38.5 Å². The molecule has 1 aromatic heterocycles. The molecule has 0 atom stereocenters. The van der Waals surface area contributed by atoms with Crippen LogP contribution < -0.4 is 0 Å². The highest BCUT2D eigenvalue weighted by atomic mass is 32.2. The van der Waals surface area contributed by atoms with Crippen molar-refractivity contribution in [2.75, 3.05) is 5.75 Å². The number of unbranched alkanes of at least 4 members (excludes halogenated alkanes) is 7. The van der Waals surface area contributed by atoms with Crippen molar-refractivity contribution >= 4 is 21.5 Å². The molecule has 1 aromatic rings. The number of rotatable bonds is 11. The third kappa shape index (κ3) is 10.1. The van der Waals surface area contributed by atoms with E-state index in [-0.39, 0.29) is 5.75 Å². The standard InChI is InChI=1S/C14H22O3S2/c15-19(16,17)12-8-6-4-2-1-3-5-7-9-14-10-11-18-13-14/h10H,1-9,12H2,(H,15,16,17). The molecule has 0 spiro atoms. The van der Waals surface area contributed by atoms with Gasteiger partial charge in [0.05, 0.1) is 5.75 Å². The summed E-state index contributed by atoms with van der Waals surface area (Å²) in [6.45, 7) is 0. The van der Waals surface area contributed by atoms with E-state index in [9.17, 15) is 8.42 Å². The van der Waals surface area contributed by atoms with Crippen molar-refractivity contribution in [2.24, 2.45) is 0 Å². The second-order valence-corrected chi connectivity index (χ2v) is 7.07. The van der Waals surface area contributed by atoms with Gasteiger partial charge < -0.3 is 0 Å². The minimum atomic E-state index is -3.76. The number of hydrogen-bond acceptors (Lipinski definition) is 3. The lowest BCUT2D eigenvalue weighted by molar-refractivity contribution is 0.478. The second kappa shape index (κ2) is 9.50. The van der Waals surface area contributed by atoms with Crippen LogP contribution in [0.15, 0.2) is 6.07 Å². The Labute approximate surface area is 120 Å². The minimum absolute atomic E-state index is 0.0961. The highest BCUT2D eigenvalue weighted by Crippen LogP contribution is 2.12. The summed E-state index contributed by atoms with van der Waals surface area (Å²) in [5.74, 6) is -0.0961. The third-order valence-corrected chi connectivity index (χ3v) is 4.48. The van der Waals surface area contributed by atoms with Gasteiger partial charge in [0.25, 0.3) is 10.1 Å². The van der Waals surface area contributed by atoms with Crippen LogP contribution in [0.1, 0.15) is 56.9 Å². The van der Waals surface area contributed by atoms with Crippen LogP contribution in [-0.2, 0) is 16.5 Å². The molecule has 5 heteroatoms. The molecule has 108 valence electrons. The van der Waals surface area contributed by atoms with Crippen LogP contribution in [0.4, 0.5) is 0 Å². The first-order valence-corrected chi connectivity index (χ1v) is 9.32. The summed E-state index contributed by atoms with van der Waals surface area (Å²) in [6.07, 6.45) is 9.69. The molecule has 0 aliphatic carbocycles. The van der Waals surface area contributed by atoms with Crippen molar-refractivity contribution in [3.05, 3.63) is 22.4 Å². The molecule has 0 unspecified atom stereocenters. The Hall–Kier alpha value is -0.390. The average molecular weight is 302 g/mol. The van der Waals surface area contributed by atoms with E-state index in [1.807, 2.05) is 6.07 Å². The molecule has 0 fully saturated rings. The van der Waals surface area contributed by atoms with Crippen molar-refractivity contribution in [3.8, 4) is 0 Å². The molecule has 0 aromatic carbocycles. The molecule has 1 heterocycles. The number of hydrogen-bond donors (Lipinski definition) is 1. The highest BCUT2D eigenvalue weighted by molar-refractivity contribution is 7.85. The highest BCUT2D eigenvalue weighted by Gasteiger charge is 2.02. The monoisotopic (exact) mass is 302 g/mol. The van der Waals surface area contributed by atoms with Crippen molar-refractivity contribution in [3.63, 3.8) is 0 Å². The zero-order valence-corrected chi connectivity index (χ0v) is 12.9. The smallest absolute Gasteiger partial charge is 0.264 e. The summed E-state index contributed by atoms with van der Waals surface area (Å²) in [6, 6.07) is 2.01. The van der Waals surface area contributed by atoms with Gasteiger partial charge in [0, 0.05) is 10.8 Å². The van der Waals surface area contributed by atoms with Crippen LogP contribution >= 0.6 is 11.3 Å². The Kier molecular flexibility index (Phi) is 8.34. The van der Waals surface area contributed by atoms with E-state index in [0.29, 0.717) is 6.42 Å². The molecule has 0 saturated carbocycles. The van der Waals surface area contributed by atoms with Crippen LogP contribution in [0.5, 0.6) is 0 Å². The maximum atomic E-state index is 10.5. The first kappa shape index (κ1) is 16.7. The van der Waals surface area contributed by atoms with Crippen molar-refractivity contribution in [2.45, 2.75) is 57.8 Å². The van der Waals surface area contributed by atoms with Crippen LogP contribution in [0.2, 0.25) is 0 Å². The van der Waals surface area contributed by atoms with E-state index in [1.54, 1.807) is 0 Å². The van der Waals surface area contributed by atoms with Crippen molar-refractivity contribution in [1.82, 2.24) is 0 Å². The molecule has 2 radical (unpaired) electrons. The summed E-state index contributed by atoms with van der Waals surface area (Å²) in [5, 5.41) is 6.24. The fraction of sp³-hybridized carbons (Fsp3) is 0.714. The van der Waals surface area contributed by atoms with Gasteiger partial charge in [-0.05, 0) is 30.9 Å². The molecule has 0 aliphatic heterocycles. The average Bonchev–Trinajstić information content (AvgIpc) is 2.83. The quantitative estimate of drug-likeness (QED) is 0.498. The van der Waals surface area contributed by atoms with Gasteiger partial charge in [-0.3, -0.25) is 4.55 Å². The maximum absolute atomic E-state index is 10.5. The third-order valence-electron chi connectivity index (χ3n) is 3.07. The van der Waals surface area contributed by atoms with E-state index >= 15 is 0 Å². The molecule has 0 aliphatic rings. The van der Waals surface area contributed by atoms with Crippen molar-refractivity contribution in [1.29, 1.82) is 0 Å². The van der Waals surface area contributed by atoms with Gasteiger partial charge in [0.2, 0.25) is 0 Å². The van der Waals surface area contributed by atoms with E-state index in [2.05, 4.69) is 10.8 Å². The molecule has 1 rings (SSSR count). The molecule has 0 saturated heterocycles. The lowest BCUT2D eigenvalue weighted by Gasteiger charge is -2.01. The van der Waals surface area contributed by atoms with Gasteiger partial charge >= 0.3 is 0 Å².